The number of thioether (sulfide) groups is 1. The molecule has 1 aliphatic heterocycles. The van der Waals surface area contributed by atoms with Gasteiger partial charge in [-0.05, 0) is 42.8 Å². The molecule has 1 amide bonds. The van der Waals surface area contributed by atoms with Gasteiger partial charge in [0.2, 0.25) is 0 Å². The van der Waals surface area contributed by atoms with Crippen molar-refractivity contribution >= 4 is 23.6 Å². The highest BCUT2D eigenvalue weighted by Crippen LogP contribution is 2.33. The molecule has 0 unspecified atom stereocenters. The first-order valence-corrected chi connectivity index (χ1v) is 10.9. The van der Waals surface area contributed by atoms with Crippen LogP contribution in [0.15, 0.2) is 95.9 Å². The largest absolute Gasteiger partial charge is 0.460 e. The molecule has 2 atom stereocenters. The lowest BCUT2D eigenvalue weighted by atomic mass is 10.1. The average Bonchev–Trinajstić information content (AvgIpc) is 3.21. The Morgan fingerprint density at radius 1 is 0.833 bits per heavy atom. The van der Waals surface area contributed by atoms with Gasteiger partial charge in [0.15, 0.2) is 0 Å². The van der Waals surface area contributed by atoms with Gasteiger partial charge in [0.25, 0.3) is 5.91 Å². The van der Waals surface area contributed by atoms with E-state index in [1.54, 1.807) is 23.9 Å². The van der Waals surface area contributed by atoms with E-state index in [0.29, 0.717) is 17.7 Å². The third-order valence-electron chi connectivity index (χ3n) is 5.12. The van der Waals surface area contributed by atoms with E-state index in [1.807, 2.05) is 71.6 Å². The molecule has 3 aromatic carbocycles. The Morgan fingerprint density at radius 2 is 1.40 bits per heavy atom. The SMILES string of the molecule is O=C(OC[C@@H]1C[C@H](Sc2ccccc2)CN1C(=O)c1ccccc1)c1ccccc1. The minimum absolute atomic E-state index is 0.0208. The maximum atomic E-state index is 13.1. The number of ether oxygens (including phenoxy) is 1. The van der Waals surface area contributed by atoms with Gasteiger partial charge in [0, 0.05) is 22.3 Å². The smallest absolute Gasteiger partial charge is 0.338 e. The second kappa shape index (κ2) is 9.63. The topological polar surface area (TPSA) is 46.6 Å². The summed E-state index contributed by atoms with van der Waals surface area (Å²) in [5.41, 5.74) is 1.17. The van der Waals surface area contributed by atoms with Crippen molar-refractivity contribution in [1.82, 2.24) is 4.90 Å². The molecule has 0 N–H and O–H groups in total. The highest BCUT2D eigenvalue weighted by Gasteiger charge is 2.37. The lowest BCUT2D eigenvalue weighted by molar-refractivity contribution is 0.0369. The van der Waals surface area contributed by atoms with Crippen molar-refractivity contribution in [3.63, 3.8) is 0 Å². The van der Waals surface area contributed by atoms with Gasteiger partial charge in [-0.3, -0.25) is 4.79 Å². The van der Waals surface area contributed by atoms with Gasteiger partial charge >= 0.3 is 5.97 Å². The van der Waals surface area contributed by atoms with Crippen LogP contribution < -0.4 is 0 Å². The number of nitrogens with zero attached hydrogens (tertiary/aromatic N) is 1. The highest BCUT2D eigenvalue weighted by atomic mass is 32.2. The van der Waals surface area contributed by atoms with Crippen LogP contribution in [0.5, 0.6) is 0 Å². The number of likely N-dealkylation sites (tertiary alicyclic amines) is 1. The van der Waals surface area contributed by atoms with Crippen LogP contribution >= 0.6 is 11.8 Å². The van der Waals surface area contributed by atoms with Gasteiger partial charge in [-0.15, -0.1) is 11.8 Å². The Morgan fingerprint density at radius 3 is 2.03 bits per heavy atom. The zero-order chi connectivity index (χ0) is 20.8. The van der Waals surface area contributed by atoms with Crippen molar-refractivity contribution < 1.29 is 14.3 Å². The summed E-state index contributed by atoms with van der Waals surface area (Å²) >= 11 is 1.77. The number of amides is 1. The van der Waals surface area contributed by atoms with Gasteiger partial charge in [0.1, 0.15) is 6.61 Å². The van der Waals surface area contributed by atoms with Gasteiger partial charge < -0.3 is 9.64 Å². The number of carbonyl (C=O) groups excluding carboxylic acids is 2. The van der Waals surface area contributed by atoms with Crippen LogP contribution in [0.2, 0.25) is 0 Å². The van der Waals surface area contributed by atoms with Crippen molar-refractivity contribution in [2.24, 2.45) is 0 Å². The van der Waals surface area contributed by atoms with Crippen LogP contribution in [0.25, 0.3) is 0 Å². The fourth-order valence-corrected chi connectivity index (χ4v) is 4.89. The summed E-state index contributed by atoms with van der Waals surface area (Å²) in [5.74, 6) is -0.380. The second-order valence-electron chi connectivity index (χ2n) is 7.23. The summed E-state index contributed by atoms with van der Waals surface area (Å²) in [5, 5.41) is 0.250. The molecule has 0 bridgehead atoms. The first-order valence-electron chi connectivity index (χ1n) is 10.0. The van der Waals surface area contributed by atoms with Crippen LogP contribution in [0.1, 0.15) is 27.1 Å². The molecular formula is C25H23NO3S. The van der Waals surface area contributed by atoms with Gasteiger partial charge in [-0.25, -0.2) is 4.79 Å². The van der Waals surface area contributed by atoms with Crippen molar-refractivity contribution in [2.45, 2.75) is 22.6 Å². The summed E-state index contributed by atoms with van der Waals surface area (Å²) in [7, 11) is 0. The van der Waals surface area contributed by atoms with Crippen LogP contribution in [0.4, 0.5) is 0 Å². The normalized spacial score (nSPS) is 18.2. The fraction of sp³-hybridized carbons (Fsp3) is 0.200. The van der Waals surface area contributed by atoms with E-state index in [2.05, 4.69) is 12.1 Å². The monoisotopic (exact) mass is 417 g/mol. The van der Waals surface area contributed by atoms with Gasteiger partial charge in [-0.1, -0.05) is 54.6 Å². The molecule has 30 heavy (non-hydrogen) atoms. The number of hydrogen-bond donors (Lipinski definition) is 0. The molecule has 3 aromatic rings. The Bertz CT molecular complexity index is 979. The summed E-state index contributed by atoms with van der Waals surface area (Å²) in [4.78, 5) is 28.6. The molecule has 1 heterocycles. The molecule has 1 fully saturated rings. The maximum absolute atomic E-state index is 13.1. The van der Waals surface area contributed by atoms with Crippen LogP contribution in [0.3, 0.4) is 0 Å². The van der Waals surface area contributed by atoms with Crippen molar-refractivity contribution in [1.29, 1.82) is 0 Å². The first kappa shape index (κ1) is 20.2. The Kier molecular flexibility index (Phi) is 6.50. The molecule has 5 heteroatoms. The maximum Gasteiger partial charge on any atom is 0.338 e. The Labute approximate surface area is 180 Å². The highest BCUT2D eigenvalue weighted by molar-refractivity contribution is 8.00. The standard InChI is InChI=1S/C25H23NO3S/c27-24(19-10-4-1-5-11-19)26-17-23(30-22-14-8-3-9-15-22)16-21(26)18-29-25(28)20-12-6-2-7-13-20/h1-15,21,23H,16-18H2/t21-,23-/m0/s1. The second-order valence-corrected chi connectivity index (χ2v) is 8.60. The number of rotatable bonds is 6. The summed E-state index contributed by atoms with van der Waals surface area (Å²) in [6, 6.07) is 28.3. The zero-order valence-electron chi connectivity index (χ0n) is 16.5. The molecular weight excluding hydrogens is 394 g/mol. The summed E-state index contributed by atoms with van der Waals surface area (Å²) in [6.45, 7) is 0.818. The van der Waals surface area contributed by atoms with Gasteiger partial charge in [-0.2, -0.15) is 0 Å². The number of carbonyl (C=O) groups is 2. The van der Waals surface area contributed by atoms with Crippen LogP contribution in [-0.4, -0.2) is 41.2 Å². The molecule has 4 rings (SSSR count). The molecule has 0 aliphatic carbocycles. The molecule has 0 spiro atoms. The third kappa shape index (κ3) is 4.92. The molecule has 0 aromatic heterocycles. The zero-order valence-corrected chi connectivity index (χ0v) is 17.3. The number of hydrogen-bond acceptors (Lipinski definition) is 4. The minimum atomic E-state index is -0.359. The summed E-state index contributed by atoms with van der Waals surface area (Å²) in [6.07, 6.45) is 0.778. The van der Waals surface area contributed by atoms with Crippen molar-refractivity contribution in [3.05, 3.63) is 102 Å². The van der Waals surface area contributed by atoms with E-state index < -0.39 is 0 Å². The van der Waals surface area contributed by atoms with Crippen LogP contribution in [0, 0.1) is 0 Å². The fourth-order valence-electron chi connectivity index (χ4n) is 3.63. The molecule has 4 nitrogen and oxygen atoms in total. The van der Waals surface area contributed by atoms with E-state index in [1.165, 1.54) is 4.90 Å². The quantitative estimate of drug-likeness (QED) is 0.534. The predicted molar refractivity (Wildman–Crippen MR) is 119 cm³/mol. The predicted octanol–water partition coefficient (Wildman–Crippen LogP) is 4.92. The molecule has 0 radical (unpaired) electrons. The first-order chi connectivity index (χ1) is 14.7. The molecule has 152 valence electrons. The van der Waals surface area contributed by atoms with E-state index in [9.17, 15) is 9.59 Å². The Hall–Kier alpha value is -3.05. The third-order valence-corrected chi connectivity index (χ3v) is 6.34. The Balaban J connectivity index is 1.47. The lowest BCUT2D eigenvalue weighted by Gasteiger charge is -2.24. The average molecular weight is 418 g/mol. The van der Waals surface area contributed by atoms with Crippen LogP contribution in [-0.2, 0) is 4.74 Å². The van der Waals surface area contributed by atoms with E-state index in [-0.39, 0.29) is 29.8 Å². The van der Waals surface area contributed by atoms with E-state index >= 15 is 0 Å². The molecule has 1 saturated heterocycles. The van der Waals surface area contributed by atoms with Crippen molar-refractivity contribution in [3.8, 4) is 0 Å². The molecule has 1 aliphatic rings. The minimum Gasteiger partial charge on any atom is -0.460 e. The van der Waals surface area contributed by atoms with E-state index in [4.69, 9.17) is 4.74 Å². The van der Waals surface area contributed by atoms with E-state index in [0.717, 1.165) is 6.42 Å². The number of benzene rings is 3. The molecule has 0 saturated carbocycles. The number of esters is 1. The lowest BCUT2D eigenvalue weighted by Crippen LogP contribution is -2.39. The van der Waals surface area contributed by atoms with Gasteiger partial charge in [0.05, 0.1) is 11.6 Å². The summed E-state index contributed by atoms with van der Waals surface area (Å²) < 4.78 is 5.58. The van der Waals surface area contributed by atoms with Crippen molar-refractivity contribution in [2.75, 3.05) is 13.2 Å².